The van der Waals surface area contributed by atoms with E-state index in [2.05, 4.69) is 10.4 Å². The molecular formula is C17H16F3N3O2. The third-order valence-electron chi connectivity index (χ3n) is 4.16. The number of aryl methyl sites for hydroxylation is 2. The van der Waals surface area contributed by atoms with Crippen LogP contribution in [0.3, 0.4) is 0 Å². The van der Waals surface area contributed by atoms with Crippen LogP contribution < -0.4 is 10.9 Å². The van der Waals surface area contributed by atoms with Gasteiger partial charge in [0.1, 0.15) is 0 Å². The van der Waals surface area contributed by atoms with E-state index in [1.165, 1.54) is 4.68 Å². The number of carbonyl (C=O) groups is 1. The summed E-state index contributed by atoms with van der Waals surface area (Å²) in [6.45, 7) is 0.103. The van der Waals surface area contributed by atoms with E-state index >= 15 is 0 Å². The van der Waals surface area contributed by atoms with Gasteiger partial charge in [0.15, 0.2) is 17.5 Å². The number of amides is 1. The summed E-state index contributed by atoms with van der Waals surface area (Å²) in [5.41, 5.74) is 0.975. The number of hydrogen-bond acceptors (Lipinski definition) is 3. The van der Waals surface area contributed by atoms with E-state index in [9.17, 15) is 22.8 Å². The molecule has 1 aromatic carbocycles. The molecule has 1 aliphatic rings. The normalized spacial score (nSPS) is 13.4. The lowest BCUT2D eigenvalue weighted by Crippen LogP contribution is -2.33. The van der Waals surface area contributed by atoms with Gasteiger partial charge in [0.2, 0.25) is 0 Å². The van der Waals surface area contributed by atoms with Crippen molar-refractivity contribution in [2.75, 3.05) is 6.54 Å². The quantitative estimate of drug-likeness (QED) is 0.857. The van der Waals surface area contributed by atoms with Crippen LogP contribution in [0, 0.1) is 17.5 Å². The van der Waals surface area contributed by atoms with Crippen LogP contribution in [-0.4, -0.2) is 22.2 Å². The summed E-state index contributed by atoms with van der Waals surface area (Å²) in [6, 6.07) is 3.10. The van der Waals surface area contributed by atoms with Gasteiger partial charge in [-0.05, 0) is 43.4 Å². The summed E-state index contributed by atoms with van der Waals surface area (Å²) in [4.78, 5) is 23.9. The van der Waals surface area contributed by atoms with E-state index < -0.39 is 28.9 Å². The molecule has 0 atom stereocenters. The van der Waals surface area contributed by atoms with Crippen molar-refractivity contribution in [1.29, 1.82) is 0 Å². The molecule has 0 radical (unpaired) electrons. The maximum Gasteiger partial charge on any atom is 0.267 e. The van der Waals surface area contributed by atoms with E-state index in [1.807, 2.05) is 0 Å². The molecule has 1 aromatic heterocycles. The molecule has 1 amide bonds. The number of carbonyl (C=O) groups excluding carboxylic acids is 1. The van der Waals surface area contributed by atoms with Crippen LogP contribution in [0.25, 0.3) is 0 Å². The summed E-state index contributed by atoms with van der Waals surface area (Å²) in [5, 5.41) is 6.67. The highest BCUT2D eigenvalue weighted by Crippen LogP contribution is 2.17. The first kappa shape index (κ1) is 17.2. The smallest absolute Gasteiger partial charge is 0.267 e. The lowest BCUT2D eigenvalue weighted by molar-refractivity contribution is 0.0946. The monoisotopic (exact) mass is 351 g/mol. The van der Waals surface area contributed by atoms with E-state index in [0.717, 1.165) is 43.0 Å². The summed E-state index contributed by atoms with van der Waals surface area (Å²) >= 11 is 0. The van der Waals surface area contributed by atoms with Crippen molar-refractivity contribution in [3.05, 3.63) is 62.8 Å². The molecule has 132 valence electrons. The zero-order valence-electron chi connectivity index (χ0n) is 13.3. The minimum atomic E-state index is -1.69. The van der Waals surface area contributed by atoms with Gasteiger partial charge in [-0.15, -0.1) is 0 Å². The minimum Gasteiger partial charge on any atom is -0.350 e. The topological polar surface area (TPSA) is 64.0 Å². The Hall–Kier alpha value is -2.64. The second-order valence-electron chi connectivity index (χ2n) is 5.86. The van der Waals surface area contributed by atoms with Crippen LogP contribution in [0.2, 0.25) is 0 Å². The van der Waals surface area contributed by atoms with Gasteiger partial charge in [-0.1, -0.05) is 0 Å². The van der Waals surface area contributed by atoms with Crippen molar-refractivity contribution in [3.63, 3.8) is 0 Å². The Morgan fingerprint density at radius 2 is 1.92 bits per heavy atom. The van der Waals surface area contributed by atoms with E-state index in [1.54, 1.807) is 6.07 Å². The van der Waals surface area contributed by atoms with Gasteiger partial charge in [-0.3, -0.25) is 9.59 Å². The molecule has 1 aliphatic carbocycles. The van der Waals surface area contributed by atoms with Gasteiger partial charge in [-0.25, -0.2) is 17.9 Å². The largest absolute Gasteiger partial charge is 0.350 e. The number of rotatable bonds is 4. The average molecular weight is 351 g/mol. The first-order valence-electron chi connectivity index (χ1n) is 7.99. The Kier molecular flexibility index (Phi) is 4.87. The first-order chi connectivity index (χ1) is 12.0. The van der Waals surface area contributed by atoms with Crippen LogP contribution in [0.5, 0.6) is 0 Å². The fraction of sp³-hybridized carbons (Fsp3) is 0.353. The van der Waals surface area contributed by atoms with Crippen molar-refractivity contribution < 1.29 is 18.0 Å². The fourth-order valence-electron chi connectivity index (χ4n) is 2.83. The van der Waals surface area contributed by atoms with Crippen LogP contribution >= 0.6 is 0 Å². The maximum absolute atomic E-state index is 13.6. The molecular weight excluding hydrogens is 335 g/mol. The second kappa shape index (κ2) is 7.08. The summed E-state index contributed by atoms with van der Waals surface area (Å²) in [7, 11) is 0. The molecule has 2 aromatic rings. The molecule has 3 rings (SSSR count). The highest BCUT2D eigenvalue weighted by molar-refractivity contribution is 5.94. The third kappa shape index (κ3) is 3.57. The zero-order valence-corrected chi connectivity index (χ0v) is 13.3. The maximum atomic E-state index is 13.6. The summed E-state index contributed by atoms with van der Waals surface area (Å²) < 4.78 is 40.9. The number of nitrogens with one attached hydrogen (secondary N) is 1. The molecule has 0 saturated carbocycles. The Morgan fingerprint density at radius 3 is 2.72 bits per heavy atom. The van der Waals surface area contributed by atoms with Crippen LogP contribution in [0.4, 0.5) is 13.2 Å². The number of nitrogens with zero attached hydrogens (tertiary/aromatic N) is 2. The van der Waals surface area contributed by atoms with E-state index in [4.69, 9.17) is 0 Å². The average Bonchev–Trinajstić information content (AvgIpc) is 2.60. The van der Waals surface area contributed by atoms with Gasteiger partial charge < -0.3 is 5.32 Å². The number of fused-ring (bicyclic) bond motifs is 1. The lowest BCUT2D eigenvalue weighted by Gasteiger charge is -2.16. The van der Waals surface area contributed by atoms with Gasteiger partial charge in [-0.2, -0.15) is 5.10 Å². The molecule has 1 heterocycles. The predicted molar refractivity (Wildman–Crippen MR) is 83.8 cm³/mol. The van der Waals surface area contributed by atoms with Crippen molar-refractivity contribution in [3.8, 4) is 0 Å². The van der Waals surface area contributed by atoms with Crippen LogP contribution in [0.1, 0.15) is 34.5 Å². The van der Waals surface area contributed by atoms with Gasteiger partial charge in [0, 0.05) is 12.6 Å². The highest BCUT2D eigenvalue weighted by atomic mass is 19.2. The van der Waals surface area contributed by atoms with Gasteiger partial charge in [0.05, 0.1) is 17.8 Å². The Bertz CT molecular complexity index is 880. The predicted octanol–water partition coefficient (Wildman–Crippen LogP) is 1.97. The van der Waals surface area contributed by atoms with Gasteiger partial charge >= 0.3 is 0 Å². The summed E-state index contributed by atoms with van der Waals surface area (Å²) in [5.74, 6) is -5.48. The van der Waals surface area contributed by atoms with E-state index in [-0.39, 0.29) is 18.6 Å². The zero-order chi connectivity index (χ0) is 18.0. The van der Waals surface area contributed by atoms with Crippen LogP contribution in [-0.2, 0) is 19.4 Å². The van der Waals surface area contributed by atoms with Crippen molar-refractivity contribution >= 4 is 5.91 Å². The Balaban J connectivity index is 1.66. The van der Waals surface area contributed by atoms with Crippen LogP contribution in [0.15, 0.2) is 23.0 Å². The summed E-state index contributed by atoms with van der Waals surface area (Å²) in [6.07, 6.45) is 3.70. The molecule has 0 fully saturated rings. The number of aromatic nitrogens is 2. The molecule has 5 nitrogen and oxygen atoms in total. The van der Waals surface area contributed by atoms with Crippen molar-refractivity contribution in [1.82, 2.24) is 15.1 Å². The Morgan fingerprint density at radius 1 is 1.16 bits per heavy atom. The third-order valence-corrected chi connectivity index (χ3v) is 4.16. The second-order valence-corrected chi connectivity index (χ2v) is 5.86. The van der Waals surface area contributed by atoms with Crippen molar-refractivity contribution in [2.24, 2.45) is 0 Å². The minimum absolute atomic E-state index is 0.00294. The van der Waals surface area contributed by atoms with E-state index in [0.29, 0.717) is 6.07 Å². The molecule has 25 heavy (non-hydrogen) atoms. The first-order valence-corrected chi connectivity index (χ1v) is 7.99. The highest BCUT2D eigenvalue weighted by Gasteiger charge is 2.18. The molecule has 0 unspecified atom stereocenters. The fourth-order valence-corrected chi connectivity index (χ4v) is 2.83. The van der Waals surface area contributed by atoms with Crippen molar-refractivity contribution in [2.45, 2.75) is 32.2 Å². The number of benzene rings is 1. The molecule has 1 N–H and O–H groups in total. The number of halogens is 3. The molecule has 0 aliphatic heterocycles. The van der Waals surface area contributed by atoms with Gasteiger partial charge in [0.25, 0.3) is 11.5 Å². The Labute approximate surface area is 141 Å². The molecule has 0 saturated heterocycles. The SMILES string of the molecule is O=C(NCCn1nc2c(cc1=O)CCCC2)c1ccc(F)c(F)c1F. The molecule has 0 bridgehead atoms. The molecule has 0 spiro atoms. The molecule has 8 heteroatoms. The number of hydrogen-bond donors (Lipinski definition) is 1. The lowest BCUT2D eigenvalue weighted by atomic mass is 9.97. The standard InChI is InChI=1S/C17H16F3N3O2/c18-12-6-5-11(15(19)16(12)20)17(25)21-7-8-23-14(24)9-10-3-1-2-4-13(10)22-23/h5-6,9H,1-4,7-8H2,(H,21,25).